The first-order chi connectivity index (χ1) is 4.61. The van der Waals surface area contributed by atoms with Crippen LogP contribution in [-0.4, -0.2) is 26.0 Å². The third kappa shape index (κ3) is 1.23. The molecule has 1 aliphatic heterocycles. The number of rotatable bonds is 1. The van der Waals surface area contributed by atoms with Crippen LogP contribution in [0.1, 0.15) is 0 Å². The van der Waals surface area contributed by atoms with Gasteiger partial charge in [0.25, 0.3) is 0 Å². The number of aliphatic hydroxyl groups excluding tert-OH is 1. The largest absolute Gasteiger partial charge is 0.363 e. The second-order valence-electron chi connectivity index (χ2n) is 1.66. The normalized spacial score (nSPS) is 24.9. The fourth-order valence-corrected chi connectivity index (χ4v) is 1.23. The Bertz CT molecular complexity index is 221. The van der Waals surface area contributed by atoms with E-state index in [1.54, 1.807) is 0 Å². The molecule has 10 heavy (non-hydrogen) atoms. The van der Waals surface area contributed by atoms with Gasteiger partial charge in [-0.1, -0.05) is 0 Å². The van der Waals surface area contributed by atoms with Crippen molar-refractivity contribution in [2.45, 2.75) is 6.29 Å². The summed E-state index contributed by atoms with van der Waals surface area (Å²) in [5.74, 6) is 0. The van der Waals surface area contributed by atoms with Crippen LogP contribution in [0.3, 0.4) is 0 Å². The molecule has 0 aromatic heterocycles. The lowest BCUT2D eigenvalue weighted by Gasteiger charge is -2.01. The summed E-state index contributed by atoms with van der Waals surface area (Å²) >= 11 is 0. The second kappa shape index (κ2) is 2.49. The molecule has 1 heterocycles. The van der Waals surface area contributed by atoms with Crippen molar-refractivity contribution in [2.24, 2.45) is 0 Å². The lowest BCUT2D eigenvalue weighted by atomic mass is 10.5. The van der Waals surface area contributed by atoms with E-state index in [1.807, 2.05) is 5.32 Å². The van der Waals surface area contributed by atoms with Gasteiger partial charge in [-0.15, -0.1) is 0 Å². The van der Waals surface area contributed by atoms with Crippen LogP contribution in [0.25, 0.3) is 0 Å². The number of carbonyl (C=O) groups excluding carboxylic acids is 1. The number of hydrogen-bond donors (Lipinski definition) is 3. The van der Waals surface area contributed by atoms with Crippen LogP contribution in [0.15, 0.2) is 11.1 Å². The summed E-state index contributed by atoms with van der Waals surface area (Å²) in [6.45, 7) is 0. The molecule has 0 fully saturated rings. The van der Waals surface area contributed by atoms with Crippen molar-refractivity contribution >= 4 is 16.0 Å². The van der Waals surface area contributed by atoms with Crippen LogP contribution < -0.4 is 5.32 Å². The first kappa shape index (κ1) is 7.39. The highest BCUT2D eigenvalue weighted by atomic mass is 32.2. The molecule has 1 amide bonds. The molecule has 1 aliphatic rings. The Kier molecular flexibility index (Phi) is 1.84. The third-order valence-corrected chi connectivity index (χ3v) is 1.88. The molecular weight excluding hydrogens is 158 g/mol. The Morgan fingerprint density at radius 1 is 1.60 bits per heavy atom. The maximum Gasteiger partial charge on any atom is 0.317 e. The number of nitrogens with one attached hydrogen (secondary N) is 1. The molecular formula is C4H5NO4S. The van der Waals surface area contributed by atoms with E-state index in [9.17, 15) is 9.00 Å². The van der Waals surface area contributed by atoms with Crippen LogP contribution in [-0.2, 0) is 10.8 Å². The number of carbonyl (C=O) groups is 1. The van der Waals surface area contributed by atoms with E-state index in [0.29, 0.717) is 0 Å². The zero-order valence-electron chi connectivity index (χ0n) is 4.77. The fourth-order valence-electron chi connectivity index (χ4n) is 0.492. The lowest BCUT2D eigenvalue weighted by molar-refractivity contribution is -0.0109. The van der Waals surface area contributed by atoms with Crippen LogP contribution in [0, 0.1) is 0 Å². The van der Waals surface area contributed by atoms with Gasteiger partial charge < -0.3 is 15.5 Å². The molecule has 0 saturated carbocycles. The Hall–Kier alpha value is -0.720. The molecule has 1 unspecified atom stereocenters. The highest BCUT2D eigenvalue weighted by Crippen LogP contribution is 2.06. The summed E-state index contributed by atoms with van der Waals surface area (Å²) in [5.41, 5.74) is -0.122. The van der Waals surface area contributed by atoms with Gasteiger partial charge in [-0.3, -0.25) is 4.79 Å². The Morgan fingerprint density at radius 3 is 2.40 bits per heavy atom. The smallest absolute Gasteiger partial charge is 0.317 e. The second-order valence-corrected chi connectivity index (χ2v) is 2.86. The predicted octanol–water partition coefficient (Wildman–Crippen LogP) is -1.39. The highest BCUT2D eigenvalue weighted by molar-refractivity contribution is 8.03. The molecule has 56 valence electrons. The van der Waals surface area contributed by atoms with Crippen LogP contribution in [0.5, 0.6) is 0 Å². The molecule has 1 rings (SSSR count). The zero-order chi connectivity index (χ0) is 7.72. The van der Waals surface area contributed by atoms with Crippen molar-refractivity contribution in [3.63, 3.8) is 0 Å². The van der Waals surface area contributed by atoms with Crippen molar-refractivity contribution in [1.82, 2.24) is 5.32 Å². The number of aliphatic hydroxyl groups is 2. The standard InChI is InChI=1S/C4H5NO4S/c6-3(7)2-1-10(9)4(8)5-2/h1,3,6-7H,(H,5,8). The summed E-state index contributed by atoms with van der Waals surface area (Å²) < 4.78 is 10.5. The minimum Gasteiger partial charge on any atom is -0.363 e. The maximum absolute atomic E-state index is 10.5. The first-order valence-corrected chi connectivity index (χ1v) is 3.62. The average molecular weight is 163 g/mol. The van der Waals surface area contributed by atoms with E-state index in [4.69, 9.17) is 10.2 Å². The van der Waals surface area contributed by atoms with E-state index < -0.39 is 22.3 Å². The Morgan fingerprint density at radius 2 is 2.20 bits per heavy atom. The van der Waals surface area contributed by atoms with Crippen LogP contribution >= 0.6 is 0 Å². The van der Waals surface area contributed by atoms with Gasteiger partial charge >= 0.3 is 5.24 Å². The van der Waals surface area contributed by atoms with Crippen molar-refractivity contribution in [1.29, 1.82) is 0 Å². The SMILES string of the molecule is O=C1NC(C(O)O)=CS1=O. The van der Waals surface area contributed by atoms with Gasteiger partial charge in [0.05, 0.1) is 5.70 Å². The number of hydrogen-bond acceptors (Lipinski definition) is 4. The van der Waals surface area contributed by atoms with Gasteiger partial charge in [-0.2, -0.15) is 0 Å². The molecule has 0 aromatic rings. The van der Waals surface area contributed by atoms with Crippen LogP contribution in [0.2, 0.25) is 0 Å². The maximum atomic E-state index is 10.5. The summed E-state index contributed by atoms with van der Waals surface area (Å²) in [7, 11) is -1.75. The van der Waals surface area contributed by atoms with Crippen LogP contribution in [0.4, 0.5) is 4.79 Å². The summed E-state index contributed by atoms with van der Waals surface area (Å²) in [4.78, 5) is 10.4. The molecule has 0 radical (unpaired) electrons. The molecule has 0 bridgehead atoms. The van der Waals surface area contributed by atoms with E-state index in [0.717, 1.165) is 5.41 Å². The topological polar surface area (TPSA) is 86.6 Å². The van der Waals surface area contributed by atoms with Crippen molar-refractivity contribution in [3.8, 4) is 0 Å². The van der Waals surface area contributed by atoms with Gasteiger partial charge in [0, 0.05) is 5.41 Å². The van der Waals surface area contributed by atoms with Gasteiger partial charge in [0.1, 0.15) is 10.8 Å². The fraction of sp³-hybridized carbons (Fsp3) is 0.250. The van der Waals surface area contributed by atoms with E-state index >= 15 is 0 Å². The minimum atomic E-state index is -1.75. The molecule has 0 aliphatic carbocycles. The van der Waals surface area contributed by atoms with Crippen molar-refractivity contribution in [3.05, 3.63) is 11.1 Å². The van der Waals surface area contributed by atoms with Gasteiger partial charge in [-0.25, -0.2) is 4.21 Å². The predicted molar refractivity (Wildman–Crippen MR) is 33.0 cm³/mol. The van der Waals surface area contributed by atoms with E-state index in [-0.39, 0.29) is 5.70 Å². The Labute approximate surface area is 58.8 Å². The molecule has 0 aromatic carbocycles. The van der Waals surface area contributed by atoms with E-state index in [2.05, 4.69) is 0 Å². The van der Waals surface area contributed by atoms with Crippen molar-refractivity contribution < 1.29 is 19.2 Å². The van der Waals surface area contributed by atoms with Gasteiger partial charge in [-0.05, 0) is 0 Å². The minimum absolute atomic E-state index is 0.122. The van der Waals surface area contributed by atoms with E-state index in [1.165, 1.54) is 0 Å². The third-order valence-electron chi connectivity index (χ3n) is 0.941. The summed E-state index contributed by atoms with van der Waals surface area (Å²) in [6.07, 6.45) is -1.75. The average Bonchev–Trinajstić information content (AvgIpc) is 2.13. The summed E-state index contributed by atoms with van der Waals surface area (Å²) in [5, 5.41) is 19.1. The number of amides is 1. The zero-order valence-corrected chi connectivity index (χ0v) is 5.59. The monoisotopic (exact) mass is 163 g/mol. The lowest BCUT2D eigenvalue weighted by Crippen LogP contribution is -2.23. The highest BCUT2D eigenvalue weighted by Gasteiger charge is 2.23. The quantitative estimate of drug-likeness (QED) is 0.415. The molecule has 5 nitrogen and oxygen atoms in total. The molecule has 3 N–H and O–H groups in total. The molecule has 0 spiro atoms. The molecule has 6 heteroatoms. The summed E-state index contributed by atoms with van der Waals surface area (Å²) in [6, 6.07) is 0. The van der Waals surface area contributed by atoms with Gasteiger partial charge in [0.15, 0.2) is 6.29 Å². The molecule has 1 atom stereocenters. The first-order valence-electron chi connectivity index (χ1n) is 2.40. The Balaban J connectivity index is 2.77. The molecule has 0 saturated heterocycles. The van der Waals surface area contributed by atoms with Gasteiger partial charge in [0.2, 0.25) is 0 Å². The van der Waals surface area contributed by atoms with Crippen molar-refractivity contribution in [2.75, 3.05) is 0 Å².